The third kappa shape index (κ3) is 4.17. The highest BCUT2D eigenvalue weighted by molar-refractivity contribution is 6.00. The van der Waals surface area contributed by atoms with Gasteiger partial charge < -0.3 is 15.0 Å². The first-order valence-corrected chi connectivity index (χ1v) is 12.0. The number of hydrogen-bond donors (Lipinski definition) is 1. The number of hydrogen-bond acceptors (Lipinski definition) is 4. The summed E-state index contributed by atoms with van der Waals surface area (Å²) >= 11 is 0. The molecule has 35 heavy (non-hydrogen) atoms. The van der Waals surface area contributed by atoms with Gasteiger partial charge in [0, 0.05) is 17.7 Å². The zero-order valence-corrected chi connectivity index (χ0v) is 20.0. The van der Waals surface area contributed by atoms with Gasteiger partial charge in [-0.15, -0.1) is 0 Å². The van der Waals surface area contributed by atoms with Crippen LogP contribution in [0, 0.1) is 5.82 Å². The maximum atomic E-state index is 14.0. The summed E-state index contributed by atoms with van der Waals surface area (Å²) in [6.07, 6.45) is 3.76. The Hall–Kier alpha value is -3.68. The molecule has 0 radical (unpaired) electrons. The van der Waals surface area contributed by atoms with Gasteiger partial charge in [0.2, 0.25) is 5.91 Å². The van der Waals surface area contributed by atoms with E-state index in [4.69, 9.17) is 9.84 Å². The van der Waals surface area contributed by atoms with Gasteiger partial charge in [-0.05, 0) is 56.4 Å². The number of aromatic nitrogens is 2. The van der Waals surface area contributed by atoms with E-state index in [1.54, 1.807) is 35.7 Å². The summed E-state index contributed by atoms with van der Waals surface area (Å²) in [5.41, 5.74) is 2.99. The lowest BCUT2D eigenvalue weighted by Crippen LogP contribution is -2.63. The molecule has 2 heterocycles. The van der Waals surface area contributed by atoms with Gasteiger partial charge in [0.15, 0.2) is 0 Å². The van der Waals surface area contributed by atoms with Crippen molar-refractivity contribution in [2.24, 2.45) is 0 Å². The van der Waals surface area contributed by atoms with Crippen LogP contribution >= 0.6 is 0 Å². The first kappa shape index (κ1) is 23.1. The van der Waals surface area contributed by atoms with Crippen LogP contribution in [0.1, 0.15) is 52.6 Å². The molecular formula is C27H29FN4O3. The van der Waals surface area contributed by atoms with Gasteiger partial charge in [0.25, 0.3) is 5.91 Å². The van der Waals surface area contributed by atoms with E-state index in [1.807, 2.05) is 24.3 Å². The molecule has 1 aliphatic carbocycles. The molecule has 1 N–H and O–H groups in total. The average Bonchev–Trinajstić information content (AvgIpc) is 3.24. The van der Waals surface area contributed by atoms with Crippen LogP contribution in [0.2, 0.25) is 0 Å². The smallest absolute Gasteiger partial charge is 0.273 e. The lowest BCUT2D eigenvalue weighted by atomic mass is 9.90. The van der Waals surface area contributed by atoms with Crippen molar-refractivity contribution >= 4 is 11.8 Å². The quantitative estimate of drug-likeness (QED) is 0.589. The fourth-order valence-electron chi connectivity index (χ4n) is 5.11. The largest absolute Gasteiger partial charge is 0.496 e. The summed E-state index contributed by atoms with van der Waals surface area (Å²) in [4.78, 5) is 29.3. The van der Waals surface area contributed by atoms with Crippen molar-refractivity contribution < 1.29 is 18.7 Å². The van der Waals surface area contributed by atoms with Crippen LogP contribution in [0.15, 0.2) is 48.5 Å². The first-order chi connectivity index (χ1) is 16.9. The number of benzene rings is 2. The molecule has 2 aromatic carbocycles. The van der Waals surface area contributed by atoms with E-state index in [1.165, 1.54) is 12.1 Å². The number of para-hydroxylation sites is 1. The molecule has 0 spiro atoms. The molecule has 2 aliphatic rings. The number of amides is 2. The summed E-state index contributed by atoms with van der Waals surface area (Å²) in [5.74, 6) is -0.153. The number of halogens is 1. The number of carbonyl (C=O) groups excluding carboxylic acids is 2. The second-order valence-electron chi connectivity index (χ2n) is 9.42. The Morgan fingerprint density at radius 1 is 1.14 bits per heavy atom. The summed E-state index contributed by atoms with van der Waals surface area (Å²) in [7, 11) is 1.59. The first-order valence-electron chi connectivity index (χ1n) is 12.0. The van der Waals surface area contributed by atoms with Gasteiger partial charge in [0.1, 0.15) is 22.8 Å². The lowest BCUT2D eigenvalue weighted by Gasteiger charge is -2.43. The topological polar surface area (TPSA) is 76.5 Å². The Kier molecular flexibility index (Phi) is 6.05. The number of nitrogens with one attached hydrogen (secondary N) is 1. The average molecular weight is 477 g/mol. The van der Waals surface area contributed by atoms with E-state index >= 15 is 0 Å². The normalized spacial score (nSPS) is 19.2. The Morgan fingerprint density at radius 2 is 1.89 bits per heavy atom. The van der Waals surface area contributed by atoms with Crippen molar-refractivity contribution in [3.05, 3.63) is 82.4 Å². The number of carbonyl (C=O) groups is 2. The molecule has 0 bridgehead atoms. The van der Waals surface area contributed by atoms with Gasteiger partial charge in [0.05, 0.1) is 25.9 Å². The van der Waals surface area contributed by atoms with E-state index in [2.05, 4.69) is 5.32 Å². The third-order valence-electron chi connectivity index (χ3n) is 7.10. The molecule has 5 rings (SSSR count). The maximum absolute atomic E-state index is 14.0. The number of rotatable bonds is 6. The zero-order valence-electron chi connectivity index (χ0n) is 20.0. The molecule has 7 nitrogen and oxygen atoms in total. The highest BCUT2D eigenvalue weighted by Crippen LogP contribution is 2.35. The fraction of sp³-hybridized carbons (Fsp3) is 0.370. The highest BCUT2D eigenvalue weighted by atomic mass is 19.1. The van der Waals surface area contributed by atoms with Crippen LogP contribution in [-0.2, 0) is 37.3 Å². The van der Waals surface area contributed by atoms with Gasteiger partial charge in [-0.2, -0.15) is 5.10 Å². The predicted octanol–water partition coefficient (Wildman–Crippen LogP) is 3.64. The standard InChI is InChI=1S/C27H29FN4O3/c1-27(26(34)29-15-18-11-13-20(28)14-12-18)17-32-24(21-8-4-5-9-22(21)30-32)25(33)31(27)16-19-7-3-6-10-23(19)35-2/h3,6-7,10-14H,4-5,8-9,15-17H2,1-2H3,(H,29,34). The van der Waals surface area contributed by atoms with E-state index in [0.717, 1.165) is 48.1 Å². The number of fused-ring (bicyclic) bond motifs is 3. The molecule has 0 saturated carbocycles. The van der Waals surface area contributed by atoms with Gasteiger partial charge >= 0.3 is 0 Å². The molecule has 8 heteroatoms. The Morgan fingerprint density at radius 3 is 2.66 bits per heavy atom. The zero-order chi connectivity index (χ0) is 24.6. The van der Waals surface area contributed by atoms with E-state index in [9.17, 15) is 14.0 Å². The minimum Gasteiger partial charge on any atom is -0.496 e. The van der Waals surface area contributed by atoms with E-state index < -0.39 is 5.54 Å². The predicted molar refractivity (Wildman–Crippen MR) is 128 cm³/mol. The maximum Gasteiger partial charge on any atom is 0.273 e. The number of ether oxygens (including phenoxy) is 1. The van der Waals surface area contributed by atoms with Crippen LogP contribution in [0.3, 0.4) is 0 Å². The van der Waals surface area contributed by atoms with Crippen molar-refractivity contribution in [1.82, 2.24) is 20.0 Å². The molecule has 2 amide bonds. The Balaban J connectivity index is 1.50. The molecule has 1 aliphatic heterocycles. The van der Waals surface area contributed by atoms with Crippen molar-refractivity contribution in [3.8, 4) is 5.75 Å². The monoisotopic (exact) mass is 476 g/mol. The molecule has 182 valence electrons. The second-order valence-corrected chi connectivity index (χ2v) is 9.42. The third-order valence-corrected chi connectivity index (χ3v) is 7.10. The Bertz CT molecular complexity index is 1270. The van der Waals surface area contributed by atoms with Crippen LogP contribution in [0.5, 0.6) is 5.75 Å². The van der Waals surface area contributed by atoms with Crippen LogP contribution in [0.25, 0.3) is 0 Å². The van der Waals surface area contributed by atoms with E-state index in [-0.39, 0.29) is 37.3 Å². The molecular weight excluding hydrogens is 447 g/mol. The molecule has 1 unspecified atom stereocenters. The Labute approximate surface area is 203 Å². The lowest BCUT2D eigenvalue weighted by molar-refractivity contribution is -0.133. The number of aryl methyl sites for hydroxylation is 1. The number of methoxy groups -OCH3 is 1. The van der Waals surface area contributed by atoms with Crippen molar-refractivity contribution in [2.45, 2.75) is 57.8 Å². The second kappa shape index (κ2) is 9.17. The minimum absolute atomic E-state index is 0.197. The molecule has 3 aromatic rings. The fourth-order valence-corrected chi connectivity index (χ4v) is 5.11. The molecule has 0 saturated heterocycles. The summed E-state index contributed by atoms with van der Waals surface area (Å²) in [6, 6.07) is 13.5. The van der Waals surface area contributed by atoms with Crippen LogP contribution in [-0.4, -0.2) is 39.1 Å². The van der Waals surface area contributed by atoms with Gasteiger partial charge in [-0.1, -0.05) is 30.3 Å². The van der Waals surface area contributed by atoms with Gasteiger partial charge in [-0.3, -0.25) is 14.3 Å². The molecule has 1 atom stereocenters. The molecule has 0 fully saturated rings. The van der Waals surface area contributed by atoms with Crippen LogP contribution in [0.4, 0.5) is 4.39 Å². The number of nitrogens with zero attached hydrogens (tertiary/aromatic N) is 3. The minimum atomic E-state index is -1.18. The van der Waals surface area contributed by atoms with Gasteiger partial charge in [-0.25, -0.2) is 4.39 Å². The highest BCUT2D eigenvalue weighted by Gasteiger charge is 2.49. The van der Waals surface area contributed by atoms with Crippen molar-refractivity contribution in [2.75, 3.05) is 7.11 Å². The van der Waals surface area contributed by atoms with Crippen molar-refractivity contribution in [1.29, 1.82) is 0 Å². The SMILES string of the molecule is COc1ccccc1CN1C(=O)c2c3c(nn2CC1(C)C(=O)NCc1ccc(F)cc1)CCCC3. The van der Waals surface area contributed by atoms with Crippen molar-refractivity contribution in [3.63, 3.8) is 0 Å². The van der Waals surface area contributed by atoms with Crippen LogP contribution < -0.4 is 10.1 Å². The summed E-state index contributed by atoms with van der Waals surface area (Å²) < 4.78 is 20.5. The van der Waals surface area contributed by atoms with E-state index in [0.29, 0.717) is 11.4 Å². The summed E-state index contributed by atoms with van der Waals surface area (Å²) in [5, 5.41) is 7.70. The molecule has 1 aromatic heterocycles. The summed E-state index contributed by atoms with van der Waals surface area (Å²) in [6.45, 7) is 2.49.